The maximum absolute atomic E-state index is 5.78. The number of rotatable bonds is 2. The molecule has 1 heterocycles. The molecule has 15 heavy (non-hydrogen) atoms. The highest BCUT2D eigenvalue weighted by Gasteiger charge is 1.96. The number of pyridine rings is 1. The highest BCUT2D eigenvalue weighted by molar-refractivity contribution is 9.10. The summed E-state index contributed by atoms with van der Waals surface area (Å²) >= 11 is 9.19. The van der Waals surface area contributed by atoms with Crippen molar-refractivity contribution in [3.8, 4) is 0 Å². The number of nitrogens with one attached hydrogen (secondary N) is 1. The molecule has 1 N–H and O–H groups in total. The molecule has 0 unspecified atom stereocenters. The van der Waals surface area contributed by atoms with Crippen molar-refractivity contribution in [2.75, 3.05) is 5.32 Å². The van der Waals surface area contributed by atoms with Crippen LogP contribution < -0.4 is 5.32 Å². The average molecular weight is 284 g/mol. The lowest BCUT2D eigenvalue weighted by Gasteiger charge is -2.06. The van der Waals surface area contributed by atoms with E-state index in [0.29, 0.717) is 5.15 Å². The van der Waals surface area contributed by atoms with Crippen molar-refractivity contribution in [1.82, 2.24) is 4.98 Å². The average Bonchev–Trinajstić information content (AvgIpc) is 2.17. The zero-order valence-corrected chi connectivity index (χ0v) is 10.1. The first-order valence-corrected chi connectivity index (χ1v) is 5.55. The molecule has 0 atom stereocenters. The summed E-state index contributed by atoms with van der Waals surface area (Å²) in [7, 11) is 0. The van der Waals surface area contributed by atoms with Gasteiger partial charge in [0.05, 0.1) is 0 Å². The molecule has 1 aromatic heterocycles. The van der Waals surface area contributed by atoms with Gasteiger partial charge in [0.1, 0.15) is 5.15 Å². The van der Waals surface area contributed by atoms with E-state index < -0.39 is 0 Å². The third-order valence-corrected chi connectivity index (χ3v) is 2.54. The minimum atomic E-state index is 0.481. The molecule has 4 heteroatoms. The van der Waals surface area contributed by atoms with Gasteiger partial charge in [-0.25, -0.2) is 4.98 Å². The molecule has 0 saturated carbocycles. The summed E-state index contributed by atoms with van der Waals surface area (Å²) in [6, 6.07) is 11.6. The molecular weight excluding hydrogens is 275 g/mol. The van der Waals surface area contributed by atoms with Gasteiger partial charge in [-0.15, -0.1) is 0 Å². The van der Waals surface area contributed by atoms with Crippen LogP contribution in [0.4, 0.5) is 11.4 Å². The number of aromatic nitrogens is 1. The molecule has 1 aromatic carbocycles. The first-order chi connectivity index (χ1) is 7.24. The van der Waals surface area contributed by atoms with Crippen molar-refractivity contribution in [2.45, 2.75) is 0 Å². The maximum Gasteiger partial charge on any atom is 0.131 e. The molecule has 0 bridgehead atoms. The Labute approximate surface area is 101 Å². The van der Waals surface area contributed by atoms with Gasteiger partial charge in [-0.3, -0.25) is 0 Å². The Balaban J connectivity index is 2.22. The Morgan fingerprint density at radius 1 is 1.13 bits per heavy atom. The fourth-order valence-electron chi connectivity index (χ4n) is 1.21. The molecule has 0 saturated heterocycles. The van der Waals surface area contributed by atoms with Gasteiger partial charge in [0.15, 0.2) is 0 Å². The zero-order chi connectivity index (χ0) is 10.7. The number of hydrogen-bond donors (Lipinski definition) is 1. The Morgan fingerprint density at radius 3 is 2.67 bits per heavy atom. The van der Waals surface area contributed by atoms with Crippen molar-refractivity contribution < 1.29 is 0 Å². The number of nitrogens with zero attached hydrogens (tertiary/aromatic N) is 1. The van der Waals surface area contributed by atoms with Gasteiger partial charge < -0.3 is 5.32 Å². The summed E-state index contributed by atoms with van der Waals surface area (Å²) in [6.07, 6.45) is 1.67. The molecule has 0 radical (unpaired) electrons. The van der Waals surface area contributed by atoms with Gasteiger partial charge in [-0.2, -0.15) is 0 Å². The normalized spacial score (nSPS) is 10.0. The van der Waals surface area contributed by atoms with Gasteiger partial charge in [0, 0.05) is 22.0 Å². The number of halogens is 2. The van der Waals surface area contributed by atoms with E-state index in [-0.39, 0.29) is 0 Å². The quantitative estimate of drug-likeness (QED) is 0.834. The first kappa shape index (κ1) is 10.5. The Bertz CT molecular complexity index is 430. The minimum absolute atomic E-state index is 0.481. The molecule has 0 spiro atoms. The Kier molecular flexibility index (Phi) is 3.23. The topological polar surface area (TPSA) is 24.9 Å². The molecule has 0 amide bonds. The SMILES string of the molecule is Clc1cc(Nc2cccc(Br)c2)ccn1. The van der Waals surface area contributed by atoms with E-state index in [2.05, 4.69) is 26.2 Å². The lowest BCUT2D eigenvalue weighted by atomic mass is 10.3. The van der Waals surface area contributed by atoms with Crippen LogP contribution in [0.3, 0.4) is 0 Å². The molecule has 2 rings (SSSR count). The van der Waals surface area contributed by atoms with Crippen molar-refractivity contribution in [2.24, 2.45) is 0 Å². The lowest BCUT2D eigenvalue weighted by Crippen LogP contribution is -1.90. The number of anilines is 2. The Hall–Kier alpha value is -1.06. The smallest absolute Gasteiger partial charge is 0.131 e. The standard InChI is InChI=1S/C11H8BrClN2/c12-8-2-1-3-9(6-8)15-10-4-5-14-11(13)7-10/h1-7H,(H,14,15). The molecule has 2 aromatic rings. The van der Waals surface area contributed by atoms with E-state index in [4.69, 9.17) is 11.6 Å². The fraction of sp³-hybridized carbons (Fsp3) is 0. The second-order valence-corrected chi connectivity index (χ2v) is 4.31. The van der Waals surface area contributed by atoms with Gasteiger partial charge in [-0.1, -0.05) is 33.6 Å². The monoisotopic (exact) mass is 282 g/mol. The zero-order valence-electron chi connectivity index (χ0n) is 7.74. The van der Waals surface area contributed by atoms with Crippen LogP contribution >= 0.6 is 27.5 Å². The predicted molar refractivity (Wildman–Crippen MR) is 66.7 cm³/mol. The van der Waals surface area contributed by atoms with E-state index >= 15 is 0 Å². The van der Waals surface area contributed by atoms with Crippen LogP contribution in [0.1, 0.15) is 0 Å². The summed E-state index contributed by atoms with van der Waals surface area (Å²) in [5, 5.41) is 3.71. The maximum atomic E-state index is 5.78. The van der Waals surface area contributed by atoms with Gasteiger partial charge in [-0.05, 0) is 30.3 Å². The molecule has 76 valence electrons. The van der Waals surface area contributed by atoms with E-state index in [9.17, 15) is 0 Å². The first-order valence-electron chi connectivity index (χ1n) is 4.38. The number of benzene rings is 1. The second kappa shape index (κ2) is 4.64. The van der Waals surface area contributed by atoms with Crippen LogP contribution in [0, 0.1) is 0 Å². The second-order valence-electron chi connectivity index (χ2n) is 3.00. The molecule has 0 aliphatic rings. The lowest BCUT2D eigenvalue weighted by molar-refractivity contribution is 1.32. The highest BCUT2D eigenvalue weighted by atomic mass is 79.9. The summed E-state index contributed by atoms with van der Waals surface area (Å²) in [5.41, 5.74) is 1.93. The van der Waals surface area contributed by atoms with Gasteiger partial charge >= 0.3 is 0 Å². The van der Waals surface area contributed by atoms with Crippen LogP contribution in [0.2, 0.25) is 5.15 Å². The van der Waals surface area contributed by atoms with Crippen LogP contribution in [0.5, 0.6) is 0 Å². The van der Waals surface area contributed by atoms with Crippen LogP contribution in [-0.2, 0) is 0 Å². The van der Waals surface area contributed by atoms with Gasteiger partial charge in [0.2, 0.25) is 0 Å². The molecule has 0 fully saturated rings. The van der Waals surface area contributed by atoms with Crippen LogP contribution in [-0.4, -0.2) is 4.98 Å². The van der Waals surface area contributed by atoms with Crippen LogP contribution in [0.25, 0.3) is 0 Å². The summed E-state index contributed by atoms with van der Waals surface area (Å²) < 4.78 is 1.03. The van der Waals surface area contributed by atoms with Crippen molar-refractivity contribution in [1.29, 1.82) is 0 Å². The Morgan fingerprint density at radius 2 is 1.93 bits per heavy atom. The van der Waals surface area contributed by atoms with Crippen LogP contribution in [0.15, 0.2) is 47.1 Å². The molecular formula is C11H8BrClN2. The summed E-state index contributed by atoms with van der Waals surface area (Å²) in [6.45, 7) is 0. The van der Waals surface area contributed by atoms with Gasteiger partial charge in [0.25, 0.3) is 0 Å². The third-order valence-electron chi connectivity index (χ3n) is 1.84. The molecule has 0 aliphatic heterocycles. The van der Waals surface area contributed by atoms with Crippen molar-refractivity contribution in [3.63, 3.8) is 0 Å². The minimum Gasteiger partial charge on any atom is -0.355 e. The third kappa shape index (κ3) is 2.94. The largest absolute Gasteiger partial charge is 0.355 e. The van der Waals surface area contributed by atoms with Crippen molar-refractivity contribution >= 4 is 38.9 Å². The fourth-order valence-corrected chi connectivity index (χ4v) is 1.79. The van der Waals surface area contributed by atoms with Crippen molar-refractivity contribution in [3.05, 3.63) is 52.2 Å². The predicted octanol–water partition coefficient (Wildman–Crippen LogP) is 4.24. The number of hydrogen-bond acceptors (Lipinski definition) is 2. The summed E-state index contributed by atoms with van der Waals surface area (Å²) in [4.78, 5) is 3.92. The molecule has 0 aliphatic carbocycles. The van der Waals surface area contributed by atoms with E-state index in [1.165, 1.54) is 0 Å². The highest BCUT2D eigenvalue weighted by Crippen LogP contribution is 2.21. The van der Waals surface area contributed by atoms with E-state index in [1.807, 2.05) is 30.3 Å². The summed E-state index contributed by atoms with van der Waals surface area (Å²) in [5.74, 6) is 0. The molecule has 2 nitrogen and oxygen atoms in total. The van der Waals surface area contributed by atoms with E-state index in [0.717, 1.165) is 15.8 Å². The van der Waals surface area contributed by atoms with E-state index in [1.54, 1.807) is 12.3 Å².